The van der Waals surface area contributed by atoms with Crippen molar-refractivity contribution < 1.29 is 9.53 Å². The van der Waals surface area contributed by atoms with Gasteiger partial charge in [0.1, 0.15) is 6.61 Å². The molecule has 0 bridgehead atoms. The number of halogens is 1. The molecule has 4 nitrogen and oxygen atoms in total. The van der Waals surface area contributed by atoms with Crippen LogP contribution in [0.25, 0.3) is 11.3 Å². The Labute approximate surface area is 142 Å². The minimum absolute atomic E-state index is 0.0138. The maximum atomic E-state index is 10.6. The van der Waals surface area contributed by atoms with Crippen LogP contribution in [-0.4, -0.2) is 23.0 Å². The lowest BCUT2D eigenvalue weighted by Crippen LogP contribution is -2.08. The summed E-state index contributed by atoms with van der Waals surface area (Å²) in [5, 5.41) is 0. The smallest absolute Gasteiger partial charge is 0.293 e. The van der Waals surface area contributed by atoms with Crippen molar-refractivity contribution in [2.24, 2.45) is 0 Å². The van der Waals surface area contributed by atoms with Gasteiger partial charge in [0.05, 0.1) is 0 Å². The van der Waals surface area contributed by atoms with Crippen LogP contribution in [0.5, 0.6) is 0 Å². The predicted molar refractivity (Wildman–Crippen MR) is 92.0 cm³/mol. The van der Waals surface area contributed by atoms with Crippen molar-refractivity contribution in [3.63, 3.8) is 0 Å². The summed E-state index contributed by atoms with van der Waals surface area (Å²) in [5.41, 5.74) is 4.24. The van der Waals surface area contributed by atoms with Crippen LogP contribution in [-0.2, 0) is 9.53 Å². The van der Waals surface area contributed by atoms with Gasteiger partial charge >= 0.3 is 0 Å². The summed E-state index contributed by atoms with van der Waals surface area (Å²) in [5.74, 6) is -0.0138. The highest BCUT2D eigenvalue weighted by molar-refractivity contribution is 9.10. The zero-order valence-corrected chi connectivity index (χ0v) is 13.9. The van der Waals surface area contributed by atoms with Gasteiger partial charge in [0.25, 0.3) is 6.47 Å². The third-order valence-electron chi connectivity index (χ3n) is 3.70. The van der Waals surface area contributed by atoms with E-state index < -0.39 is 0 Å². The summed E-state index contributed by atoms with van der Waals surface area (Å²) in [6.45, 7) is 0.793. The molecule has 1 N–H and O–H groups in total. The molecular formula is C18H15BrN2O2. The summed E-state index contributed by atoms with van der Waals surface area (Å²) in [7, 11) is 0. The van der Waals surface area contributed by atoms with Crippen molar-refractivity contribution in [2.45, 2.75) is 5.92 Å². The van der Waals surface area contributed by atoms with E-state index in [2.05, 4.69) is 32.0 Å². The van der Waals surface area contributed by atoms with Crippen LogP contribution >= 0.6 is 15.9 Å². The van der Waals surface area contributed by atoms with E-state index in [9.17, 15) is 4.79 Å². The predicted octanol–water partition coefficient (Wildman–Crippen LogP) is 4.14. The normalized spacial score (nSPS) is 11.9. The largest absolute Gasteiger partial charge is 0.467 e. The number of pyridine rings is 1. The molecular weight excluding hydrogens is 356 g/mol. The third kappa shape index (κ3) is 3.68. The average molecular weight is 371 g/mol. The number of hydrogen-bond acceptors (Lipinski definition) is 3. The number of benzene rings is 1. The molecule has 0 amide bonds. The summed E-state index contributed by atoms with van der Waals surface area (Å²) in [6.07, 6.45) is 5.48. The number of nitrogens with one attached hydrogen (secondary N) is 1. The van der Waals surface area contributed by atoms with Crippen LogP contribution in [0, 0.1) is 0 Å². The van der Waals surface area contributed by atoms with Crippen molar-refractivity contribution in [1.29, 1.82) is 0 Å². The molecule has 0 fully saturated rings. The molecule has 2 heterocycles. The molecule has 5 heteroatoms. The molecule has 1 unspecified atom stereocenters. The first-order chi connectivity index (χ1) is 11.3. The molecule has 0 saturated heterocycles. The molecule has 3 aromatic rings. The van der Waals surface area contributed by atoms with Crippen molar-refractivity contribution in [3.8, 4) is 11.3 Å². The minimum atomic E-state index is -0.0138. The van der Waals surface area contributed by atoms with Gasteiger partial charge < -0.3 is 9.72 Å². The molecule has 3 rings (SSSR count). The van der Waals surface area contributed by atoms with E-state index in [4.69, 9.17) is 4.74 Å². The molecule has 0 radical (unpaired) electrons. The number of ether oxygens (including phenoxy) is 1. The highest BCUT2D eigenvalue weighted by atomic mass is 79.9. The van der Waals surface area contributed by atoms with Gasteiger partial charge in [0.2, 0.25) is 0 Å². The van der Waals surface area contributed by atoms with E-state index in [1.165, 1.54) is 0 Å². The Bertz CT molecular complexity index is 769. The van der Waals surface area contributed by atoms with Crippen molar-refractivity contribution in [3.05, 3.63) is 76.7 Å². The molecule has 2 aromatic heterocycles. The second kappa shape index (κ2) is 7.24. The first-order valence-electron chi connectivity index (χ1n) is 7.17. The SMILES string of the molecule is O=COCC(c1ccc(Br)cc1)c1c[nH]c(-c2ccncc2)c1. The molecule has 1 atom stereocenters. The van der Waals surface area contributed by atoms with E-state index in [1.807, 2.05) is 42.6 Å². The second-order valence-corrected chi connectivity index (χ2v) is 6.03. The first-order valence-corrected chi connectivity index (χ1v) is 7.96. The number of carbonyl (C=O) groups excluding carboxylic acids is 1. The summed E-state index contributed by atoms with van der Waals surface area (Å²) >= 11 is 3.44. The third-order valence-corrected chi connectivity index (χ3v) is 4.23. The van der Waals surface area contributed by atoms with Crippen molar-refractivity contribution in [1.82, 2.24) is 9.97 Å². The summed E-state index contributed by atoms with van der Waals surface area (Å²) in [4.78, 5) is 17.9. The van der Waals surface area contributed by atoms with Crippen LogP contribution in [0.2, 0.25) is 0 Å². The zero-order chi connectivity index (χ0) is 16.1. The van der Waals surface area contributed by atoms with Gasteiger partial charge in [-0.15, -0.1) is 0 Å². The van der Waals surface area contributed by atoms with Crippen LogP contribution in [0.3, 0.4) is 0 Å². The van der Waals surface area contributed by atoms with Gasteiger partial charge in [-0.3, -0.25) is 9.78 Å². The Hall–Kier alpha value is -2.40. The van der Waals surface area contributed by atoms with Crippen LogP contribution in [0.4, 0.5) is 0 Å². The number of rotatable bonds is 6. The van der Waals surface area contributed by atoms with Crippen molar-refractivity contribution in [2.75, 3.05) is 6.61 Å². The Morgan fingerprint density at radius 2 is 1.87 bits per heavy atom. The van der Waals surface area contributed by atoms with E-state index in [-0.39, 0.29) is 5.92 Å². The van der Waals surface area contributed by atoms with E-state index >= 15 is 0 Å². The molecule has 116 valence electrons. The quantitative estimate of drug-likeness (QED) is 0.663. The Kier molecular flexibility index (Phi) is 4.88. The van der Waals surface area contributed by atoms with Gasteiger partial charge in [0, 0.05) is 40.2 Å². The van der Waals surface area contributed by atoms with Gasteiger partial charge in [-0.2, -0.15) is 0 Å². The molecule has 0 aliphatic heterocycles. The van der Waals surface area contributed by atoms with Crippen LogP contribution < -0.4 is 0 Å². The highest BCUT2D eigenvalue weighted by Crippen LogP contribution is 2.29. The van der Waals surface area contributed by atoms with E-state index in [0.29, 0.717) is 13.1 Å². The van der Waals surface area contributed by atoms with Gasteiger partial charge in [-0.25, -0.2) is 0 Å². The standard InChI is InChI=1S/C18H15BrN2O2/c19-16-3-1-13(2-4-16)17(11-23-12-22)15-9-18(21-10-15)14-5-7-20-8-6-14/h1-10,12,17,21H,11H2. The van der Waals surface area contributed by atoms with Gasteiger partial charge in [-0.05, 0) is 41.5 Å². The number of hydrogen-bond donors (Lipinski definition) is 1. The average Bonchev–Trinajstić information content (AvgIpc) is 3.07. The van der Waals surface area contributed by atoms with Gasteiger partial charge in [0.15, 0.2) is 0 Å². The summed E-state index contributed by atoms with van der Waals surface area (Å²) < 4.78 is 6.05. The lowest BCUT2D eigenvalue weighted by molar-refractivity contribution is -0.128. The van der Waals surface area contributed by atoms with E-state index in [1.54, 1.807) is 12.4 Å². The van der Waals surface area contributed by atoms with Gasteiger partial charge in [-0.1, -0.05) is 28.1 Å². The second-order valence-electron chi connectivity index (χ2n) is 5.12. The minimum Gasteiger partial charge on any atom is -0.467 e. The first kappa shape index (κ1) is 15.5. The van der Waals surface area contributed by atoms with E-state index in [0.717, 1.165) is 26.9 Å². The Morgan fingerprint density at radius 1 is 1.13 bits per heavy atom. The number of H-pyrrole nitrogens is 1. The lowest BCUT2D eigenvalue weighted by atomic mass is 9.93. The zero-order valence-electron chi connectivity index (χ0n) is 12.3. The molecule has 1 aromatic carbocycles. The maximum Gasteiger partial charge on any atom is 0.293 e. The number of aromatic amines is 1. The monoisotopic (exact) mass is 370 g/mol. The Balaban J connectivity index is 1.92. The topological polar surface area (TPSA) is 55.0 Å². The number of carbonyl (C=O) groups is 1. The fraction of sp³-hybridized carbons (Fsp3) is 0.111. The number of nitrogens with zero attached hydrogens (tertiary/aromatic N) is 1. The maximum absolute atomic E-state index is 10.6. The molecule has 0 spiro atoms. The van der Waals surface area contributed by atoms with Crippen LogP contribution in [0.1, 0.15) is 17.0 Å². The summed E-state index contributed by atoms with van der Waals surface area (Å²) in [6, 6.07) is 14.0. The molecule has 23 heavy (non-hydrogen) atoms. The fourth-order valence-electron chi connectivity index (χ4n) is 2.53. The molecule has 0 saturated carbocycles. The molecule has 0 aliphatic carbocycles. The Morgan fingerprint density at radius 3 is 2.57 bits per heavy atom. The number of aromatic nitrogens is 2. The lowest BCUT2D eigenvalue weighted by Gasteiger charge is -2.15. The van der Waals surface area contributed by atoms with Crippen LogP contribution in [0.15, 0.2) is 65.5 Å². The highest BCUT2D eigenvalue weighted by Gasteiger charge is 2.17. The van der Waals surface area contributed by atoms with Crippen molar-refractivity contribution >= 4 is 22.4 Å². The molecule has 0 aliphatic rings. The fourth-order valence-corrected chi connectivity index (χ4v) is 2.79.